The van der Waals surface area contributed by atoms with Gasteiger partial charge >= 0.3 is 0 Å². The van der Waals surface area contributed by atoms with Gasteiger partial charge in [-0.25, -0.2) is 15.0 Å². The number of para-hydroxylation sites is 3. The predicted molar refractivity (Wildman–Crippen MR) is 240 cm³/mol. The molecule has 0 aliphatic carbocycles. The van der Waals surface area contributed by atoms with Gasteiger partial charge in [0.05, 0.1) is 27.8 Å². The van der Waals surface area contributed by atoms with Gasteiger partial charge in [0.2, 0.25) is 0 Å². The molecule has 0 atom stereocenters. The van der Waals surface area contributed by atoms with Crippen LogP contribution >= 0.6 is 0 Å². The van der Waals surface area contributed by atoms with Gasteiger partial charge in [-0.1, -0.05) is 133 Å². The molecule has 9 aromatic carbocycles. The molecular weight excluding hydrogens is 707 g/mol. The summed E-state index contributed by atoms with van der Waals surface area (Å²) in [6.07, 6.45) is 0. The molecule has 0 spiro atoms. The third-order valence-electron chi connectivity index (χ3n) is 11.5. The Morgan fingerprint density at radius 3 is 1.57 bits per heavy atom. The second kappa shape index (κ2) is 12.8. The molecule has 0 fully saturated rings. The van der Waals surface area contributed by atoms with Crippen molar-refractivity contribution in [3.05, 3.63) is 200 Å². The van der Waals surface area contributed by atoms with Crippen LogP contribution in [0.2, 0.25) is 0 Å². The van der Waals surface area contributed by atoms with Crippen LogP contribution < -0.4 is 0 Å². The average molecular weight is 740 g/mol. The third-order valence-corrected chi connectivity index (χ3v) is 11.5. The smallest absolute Gasteiger partial charge is 0.164 e. The van der Waals surface area contributed by atoms with Crippen molar-refractivity contribution in [1.29, 1.82) is 0 Å². The van der Waals surface area contributed by atoms with Crippen LogP contribution in [0.5, 0.6) is 0 Å². The van der Waals surface area contributed by atoms with E-state index < -0.39 is 0 Å². The fraction of sp³-hybridized carbons (Fsp3) is 0. The average Bonchev–Trinajstić information content (AvgIpc) is 3.80. The largest absolute Gasteiger partial charge is 0.309 e. The van der Waals surface area contributed by atoms with Crippen molar-refractivity contribution in [2.75, 3.05) is 0 Å². The molecule has 270 valence electrons. The van der Waals surface area contributed by atoms with Crippen LogP contribution in [0.1, 0.15) is 0 Å². The lowest BCUT2D eigenvalue weighted by atomic mass is 10.0. The Hall–Kier alpha value is -7.89. The van der Waals surface area contributed by atoms with Crippen molar-refractivity contribution in [2.45, 2.75) is 0 Å². The summed E-state index contributed by atoms with van der Waals surface area (Å²) in [7, 11) is 0. The molecule has 58 heavy (non-hydrogen) atoms. The Labute approximate surface area is 333 Å². The van der Waals surface area contributed by atoms with E-state index in [9.17, 15) is 0 Å². The SMILES string of the molecule is c1ccc(-c2nc(-c3ccc4c(c3)c3ccccc3n4-c3ccccc3)nc(-c3ccc(-n4c5ccccc5c5cc6ccccc6cc54)c4ccccc34)n2)cc1. The fourth-order valence-electron chi connectivity index (χ4n) is 8.90. The van der Waals surface area contributed by atoms with Gasteiger partial charge in [0.1, 0.15) is 0 Å². The van der Waals surface area contributed by atoms with Crippen LogP contribution in [0, 0.1) is 0 Å². The molecule has 0 saturated carbocycles. The Morgan fingerprint density at radius 2 is 0.828 bits per heavy atom. The Bertz CT molecular complexity index is 3560. The van der Waals surface area contributed by atoms with Gasteiger partial charge in [-0.05, 0) is 82.9 Å². The molecule has 5 heteroatoms. The van der Waals surface area contributed by atoms with Crippen molar-refractivity contribution in [3.8, 4) is 45.5 Å². The first-order valence-electron chi connectivity index (χ1n) is 19.6. The van der Waals surface area contributed by atoms with Crippen molar-refractivity contribution in [2.24, 2.45) is 0 Å². The summed E-state index contributed by atoms with van der Waals surface area (Å²) in [5, 5.41) is 9.44. The number of benzene rings is 9. The van der Waals surface area contributed by atoms with E-state index >= 15 is 0 Å². The topological polar surface area (TPSA) is 48.5 Å². The molecule has 12 rings (SSSR count). The van der Waals surface area contributed by atoms with Gasteiger partial charge < -0.3 is 9.13 Å². The van der Waals surface area contributed by atoms with Crippen LogP contribution in [0.15, 0.2) is 200 Å². The minimum atomic E-state index is 0.629. The maximum atomic E-state index is 5.29. The van der Waals surface area contributed by atoms with Crippen LogP contribution in [-0.2, 0) is 0 Å². The molecule has 12 aromatic rings. The van der Waals surface area contributed by atoms with Crippen LogP contribution in [-0.4, -0.2) is 24.1 Å². The van der Waals surface area contributed by atoms with E-state index in [-0.39, 0.29) is 0 Å². The quantitative estimate of drug-likeness (QED) is 0.177. The summed E-state index contributed by atoms with van der Waals surface area (Å²) in [4.78, 5) is 15.6. The van der Waals surface area contributed by atoms with Gasteiger partial charge in [0, 0.05) is 49.3 Å². The van der Waals surface area contributed by atoms with E-state index in [1.165, 1.54) is 38.0 Å². The lowest BCUT2D eigenvalue weighted by molar-refractivity contribution is 1.08. The lowest BCUT2D eigenvalue weighted by Gasteiger charge is -2.15. The number of hydrogen-bond donors (Lipinski definition) is 0. The second-order valence-corrected chi connectivity index (χ2v) is 14.8. The van der Waals surface area contributed by atoms with Crippen molar-refractivity contribution < 1.29 is 0 Å². The zero-order valence-electron chi connectivity index (χ0n) is 31.3. The molecule has 5 nitrogen and oxygen atoms in total. The molecule has 3 heterocycles. The monoisotopic (exact) mass is 739 g/mol. The van der Waals surface area contributed by atoms with E-state index in [1.54, 1.807) is 0 Å². The van der Waals surface area contributed by atoms with E-state index in [0.29, 0.717) is 17.5 Å². The number of hydrogen-bond acceptors (Lipinski definition) is 3. The van der Waals surface area contributed by atoms with Crippen molar-refractivity contribution >= 4 is 65.2 Å². The maximum absolute atomic E-state index is 5.29. The summed E-state index contributed by atoms with van der Waals surface area (Å²) in [6, 6.07) is 70.9. The minimum Gasteiger partial charge on any atom is -0.309 e. The maximum Gasteiger partial charge on any atom is 0.164 e. The molecule has 3 aromatic heterocycles. The molecule has 0 unspecified atom stereocenters. The normalized spacial score (nSPS) is 11.8. The third kappa shape index (κ3) is 5.00. The van der Waals surface area contributed by atoms with Gasteiger partial charge in [-0.3, -0.25) is 0 Å². The van der Waals surface area contributed by atoms with Gasteiger partial charge in [0.25, 0.3) is 0 Å². The first-order valence-corrected chi connectivity index (χ1v) is 19.6. The highest BCUT2D eigenvalue weighted by Crippen LogP contribution is 2.40. The number of aromatic nitrogens is 5. The number of fused-ring (bicyclic) bond motifs is 8. The molecular formula is C53H33N5. The Balaban J connectivity index is 1.08. The summed E-state index contributed by atoms with van der Waals surface area (Å²) in [5.41, 5.74) is 9.69. The van der Waals surface area contributed by atoms with E-state index in [0.717, 1.165) is 55.3 Å². The van der Waals surface area contributed by atoms with Crippen LogP contribution in [0.4, 0.5) is 0 Å². The summed E-state index contributed by atoms with van der Waals surface area (Å²) in [5.74, 6) is 1.89. The number of rotatable bonds is 5. The van der Waals surface area contributed by atoms with Crippen molar-refractivity contribution in [3.63, 3.8) is 0 Å². The van der Waals surface area contributed by atoms with Gasteiger partial charge in [0.15, 0.2) is 17.5 Å². The van der Waals surface area contributed by atoms with E-state index in [1.807, 2.05) is 18.2 Å². The molecule has 0 aliphatic heterocycles. The highest BCUT2D eigenvalue weighted by molar-refractivity contribution is 6.15. The standard InChI is InChI=1S/C53H33N5/c1-3-15-34(16-4-1)51-54-52(37-27-29-49-44(32-37)41-23-11-13-25-46(41)57(49)38-19-5-2-6-20-38)56-53(55-51)43-28-30-48(40-22-10-9-21-39(40)43)58-47-26-14-12-24-42(47)45-31-35-17-7-8-18-36(35)33-50(45)58/h1-33H. The van der Waals surface area contributed by atoms with E-state index in [2.05, 4.69) is 191 Å². The molecule has 0 saturated heterocycles. The molecule has 0 amide bonds. The fourth-order valence-corrected chi connectivity index (χ4v) is 8.90. The molecule has 0 aliphatic rings. The first-order chi connectivity index (χ1) is 28.8. The van der Waals surface area contributed by atoms with Crippen LogP contribution in [0.25, 0.3) is 111 Å². The second-order valence-electron chi connectivity index (χ2n) is 14.8. The highest BCUT2D eigenvalue weighted by Gasteiger charge is 2.20. The summed E-state index contributed by atoms with van der Waals surface area (Å²) >= 11 is 0. The highest BCUT2D eigenvalue weighted by atomic mass is 15.0. The Morgan fingerprint density at radius 1 is 0.293 bits per heavy atom. The molecule has 0 N–H and O–H groups in total. The summed E-state index contributed by atoms with van der Waals surface area (Å²) < 4.78 is 4.74. The molecule has 0 bridgehead atoms. The van der Waals surface area contributed by atoms with E-state index in [4.69, 9.17) is 15.0 Å². The summed E-state index contributed by atoms with van der Waals surface area (Å²) in [6.45, 7) is 0. The van der Waals surface area contributed by atoms with Crippen molar-refractivity contribution in [1.82, 2.24) is 24.1 Å². The number of nitrogens with zero attached hydrogens (tertiary/aromatic N) is 5. The lowest BCUT2D eigenvalue weighted by Crippen LogP contribution is -2.02. The van der Waals surface area contributed by atoms with Crippen LogP contribution in [0.3, 0.4) is 0 Å². The van der Waals surface area contributed by atoms with Gasteiger partial charge in [-0.2, -0.15) is 0 Å². The zero-order valence-corrected chi connectivity index (χ0v) is 31.3. The minimum absolute atomic E-state index is 0.629. The predicted octanol–water partition coefficient (Wildman–Crippen LogP) is 13.4. The first kappa shape index (κ1) is 32.4. The molecule has 0 radical (unpaired) electrons. The van der Waals surface area contributed by atoms with Gasteiger partial charge in [-0.15, -0.1) is 0 Å². The zero-order chi connectivity index (χ0) is 38.2. The Kier molecular flexibility index (Phi) is 7.16.